The molecule has 0 aliphatic carbocycles. The van der Waals surface area contributed by atoms with Crippen LogP contribution in [0, 0.1) is 0 Å². The fraction of sp³-hybridized carbons (Fsp3) is 0.185. The van der Waals surface area contributed by atoms with Crippen LogP contribution in [0.2, 0.25) is 0 Å². The van der Waals surface area contributed by atoms with Crippen molar-refractivity contribution in [3.8, 4) is 11.5 Å². The first kappa shape index (κ1) is 19.2. The highest BCUT2D eigenvalue weighted by Gasteiger charge is 2.48. The summed E-state index contributed by atoms with van der Waals surface area (Å²) in [6.07, 6.45) is 0.461. The van der Waals surface area contributed by atoms with E-state index in [4.69, 9.17) is 9.47 Å². The number of nitrogens with zero attached hydrogens (tertiary/aromatic N) is 1. The fourth-order valence-corrected chi connectivity index (χ4v) is 5.50. The van der Waals surface area contributed by atoms with E-state index < -0.39 is 6.04 Å². The van der Waals surface area contributed by atoms with Crippen molar-refractivity contribution in [1.29, 1.82) is 0 Å². The van der Waals surface area contributed by atoms with E-state index in [1.807, 2.05) is 60.7 Å². The van der Waals surface area contributed by atoms with Crippen LogP contribution in [0.3, 0.4) is 0 Å². The van der Waals surface area contributed by atoms with Gasteiger partial charge >= 0.3 is 0 Å². The molecule has 3 aliphatic rings. The summed E-state index contributed by atoms with van der Waals surface area (Å²) in [5.74, 6) is 1.11. The molecule has 34 heavy (non-hydrogen) atoms. The maximum atomic E-state index is 13.5. The third kappa shape index (κ3) is 2.70. The summed E-state index contributed by atoms with van der Waals surface area (Å²) in [6.45, 7) is 0.547. The van der Waals surface area contributed by atoms with Crippen LogP contribution in [-0.2, 0) is 17.8 Å². The molecule has 0 unspecified atom stereocenters. The zero-order valence-electron chi connectivity index (χ0n) is 18.2. The number of ether oxygens (including phenoxy) is 2. The molecule has 3 aliphatic heterocycles. The summed E-state index contributed by atoms with van der Waals surface area (Å²) in [7, 11) is 0. The molecular weight excluding hydrogens is 430 g/mol. The Balaban J connectivity index is 1.25. The quantitative estimate of drug-likeness (QED) is 0.498. The third-order valence-corrected chi connectivity index (χ3v) is 7.06. The van der Waals surface area contributed by atoms with Gasteiger partial charge in [0.25, 0.3) is 5.91 Å². The first-order valence-electron chi connectivity index (χ1n) is 11.4. The number of carbonyl (C=O) groups excluding carboxylic acids is 2. The average molecular weight is 451 g/mol. The lowest BCUT2D eigenvalue weighted by Crippen LogP contribution is -2.52. The molecule has 1 aromatic heterocycles. The molecule has 7 rings (SSSR count). The minimum absolute atomic E-state index is 0.104. The van der Waals surface area contributed by atoms with Crippen LogP contribution >= 0.6 is 0 Å². The second kappa shape index (κ2) is 7.12. The maximum Gasteiger partial charge on any atom is 0.255 e. The number of hydrogen-bond acceptors (Lipinski definition) is 4. The first-order valence-corrected chi connectivity index (χ1v) is 11.4. The molecule has 0 saturated carbocycles. The molecule has 0 radical (unpaired) electrons. The Kier molecular flexibility index (Phi) is 4.03. The molecule has 4 heterocycles. The van der Waals surface area contributed by atoms with Gasteiger partial charge in [-0.2, -0.15) is 0 Å². The van der Waals surface area contributed by atoms with Crippen LogP contribution < -0.4 is 14.8 Å². The van der Waals surface area contributed by atoms with Crippen LogP contribution in [0.1, 0.15) is 38.8 Å². The Hall–Kier alpha value is -4.26. The predicted octanol–water partition coefficient (Wildman–Crippen LogP) is 3.68. The third-order valence-electron chi connectivity index (χ3n) is 7.06. The van der Waals surface area contributed by atoms with Gasteiger partial charge in [0, 0.05) is 35.1 Å². The molecule has 0 spiro atoms. The highest BCUT2D eigenvalue weighted by Crippen LogP contribution is 2.46. The second-order valence-electron chi connectivity index (χ2n) is 8.89. The number of carbonyl (C=O) groups is 2. The van der Waals surface area contributed by atoms with Gasteiger partial charge in [-0.05, 0) is 41.0 Å². The zero-order chi connectivity index (χ0) is 22.8. The van der Waals surface area contributed by atoms with Crippen molar-refractivity contribution in [2.75, 3.05) is 6.79 Å². The Morgan fingerprint density at radius 2 is 1.85 bits per heavy atom. The number of aromatic nitrogens is 1. The molecule has 0 bridgehead atoms. The van der Waals surface area contributed by atoms with Gasteiger partial charge in [0.2, 0.25) is 12.7 Å². The summed E-state index contributed by atoms with van der Waals surface area (Å²) in [5.41, 5.74) is 5.63. The van der Waals surface area contributed by atoms with E-state index in [0.29, 0.717) is 30.0 Å². The second-order valence-corrected chi connectivity index (χ2v) is 8.89. The summed E-state index contributed by atoms with van der Waals surface area (Å²) in [4.78, 5) is 32.3. The lowest BCUT2D eigenvalue weighted by atomic mass is 9.90. The van der Waals surface area contributed by atoms with E-state index in [1.54, 1.807) is 4.90 Å². The SMILES string of the molecule is O=C(NCc1ccc2c(c1)OCO2)[C@@H]1Cc2c([nH]c3ccccc23)[C@H]2c3ccccc3C(=O)N21. The van der Waals surface area contributed by atoms with Crippen molar-refractivity contribution in [1.82, 2.24) is 15.2 Å². The highest BCUT2D eigenvalue weighted by molar-refractivity contribution is 6.03. The van der Waals surface area contributed by atoms with Gasteiger partial charge < -0.3 is 24.7 Å². The minimum Gasteiger partial charge on any atom is -0.454 e. The zero-order valence-corrected chi connectivity index (χ0v) is 18.2. The number of rotatable bonds is 3. The molecule has 4 aromatic rings. The van der Waals surface area contributed by atoms with Gasteiger partial charge in [-0.15, -0.1) is 0 Å². The van der Waals surface area contributed by atoms with Gasteiger partial charge in [0.05, 0.1) is 6.04 Å². The van der Waals surface area contributed by atoms with Crippen LogP contribution in [0.4, 0.5) is 0 Å². The summed E-state index contributed by atoms with van der Waals surface area (Å²) >= 11 is 0. The molecule has 2 amide bonds. The van der Waals surface area contributed by atoms with Crippen molar-refractivity contribution in [2.24, 2.45) is 0 Å². The lowest BCUT2D eigenvalue weighted by Gasteiger charge is -2.37. The van der Waals surface area contributed by atoms with E-state index in [1.165, 1.54) is 0 Å². The number of fused-ring (bicyclic) bond motifs is 8. The van der Waals surface area contributed by atoms with Gasteiger partial charge in [-0.1, -0.05) is 42.5 Å². The van der Waals surface area contributed by atoms with Crippen molar-refractivity contribution in [3.05, 3.63) is 94.7 Å². The number of amides is 2. The van der Waals surface area contributed by atoms with Crippen molar-refractivity contribution in [3.63, 3.8) is 0 Å². The Morgan fingerprint density at radius 3 is 2.79 bits per heavy atom. The minimum atomic E-state index is -0.606. The molecule has 7 nitrogen and oxygen atoms in total. The van der Waals surface area contributed by atoms with Gasteiger partial charge in [0.15, 0.2) is 11.5 Å². The molecular formula is C27H21N3O4. The van der Waals surface area contributed by atoms with Crippen LogP contribution in [0.25, 0.3) is 10.9 Å². The van der Waals surface area contributed by atoms with Crippen molar-refractivity contribution in [2.45, 2.75) is 25.0 Å². The smallest absolute Gasteiger partial charge is 0.255 e. The largest absolute Gasteiger partial charge is 0.454 e. The lowest BCUT2D eigenvalue weighted by molar-refractivity contribution is -0.126. The molecule has 0 fully saturated rings. The van der Waals surface area contributed by atoms with Gasteiger partial charge in [-0.25, -0.2) is 0 Å². The molecule has 3 aromatic carbocycles. The number of nitrogens with one attached hydrogen (secondary N) is 2. The predicted molar refractivity (Wildman–Crippen MR) is 125 cm³/mol. The number of para-hydroxylation sites is 1. The molecule has 7 heteroatoms. The topological polar surface area (TPSA) is 83.7 Å². The molecule has 168 valence electrons. The summed E-state index contributed by atoms with van der Waals surface area (Å²) in [5, 5.41) is 4.15. The standard InChI is InChI=1S/C27H21N3O4/c31-26(28-13-15-9-10-22-23(11-15)34-14-33-22)21-12-19-16-5-3-4-8-20(16)29-24(19)25-17-6-1-2-7-18(17)27(32)30(21)25/h1-11,21,25,29H,12-14H2,(H,28,31)/t21-,25+/m0/s1. The maximum absolute atomic E-state index is 13.5. The van der Waals surface area contributed by atoms with Gasteiger partial charge in [-0.3, -0.25) is 9.59 Å². The Labute approximate surface area is 195 Å². The average Bonchev–Trinajstić information content (AvgIpc) is 3.56. The van der Waals surface area contributed by atoms with E-state index >= 15 is 0 Å². The molecule has 2 N–H and O–H groups in total. The summed E-state index contributed by atoms with van der Waals surface area (Å²) in [6, 6.07) is 20.5. The Bertz CT molecular complexity index is 1490. The molecule has 2 atom stereocenters. The van der Waals surface area contributed by atoms with E-state index in [9.17, 15) is 9.59 Å². The number of H-pyrrole nitrogens is 1. The van der Waals surface area contributed by atoms with Crippen molar-refractivity contribution >= 4 is 22.7 Å². The summed E-state index contributed by atoms with van der Waals surface area (Å²) < 4.78 is 10.8. The number of hydrogen-bond donors (Lipinski definition) is 2. The first-order chi connectivity index (χ1) is 16.7. The highest BCUT2D eigenvalue weighted by atomic mass is 16.7. The number of benzene rings is 3. The van der Waals surface area contributed by atoms with Crippen LogP contribution in [-0.4, -0.2) is 34.5 Å². The fourth-order valence-electron chi connectivity index (χ4n) is 5.50. The number of aromatic amines is 1. The normalized spacial score (nSPS) is 19.6. The monoisotopic (exact) mass is 451 g/mol. The van der Waals surface area contributed by atoms with Crippen LogP contribution in [0.15, 0.2) is 66.7 Å². The Morgan fingerprint density at radius 1 is 1.03 bits per heavy atom. The molecule has 0 saturated heterocycles. The van der Waals surface area contributed by atoms with Crippen molar-refractivity contribution < 1.29 is 19.1 Å². The van der Waals surface area contributed by atoms with E-state index in [-0.39, 0.29) is 24.6 Å². The van der Waals surface area contributed by atoms with E-state index in [0.717, 1.165) is 33.3 Å². The van der Waals surface area contributed by atoms with E-state index in [2.05, 4.69) is 16.4 Å². The van der Waals surface area contributed by atoms with Crippen LogP contribution in [0.5, 0.6) is 11.5 Å². The van der Waals surface area contributed by atoms with Gasteiger partial charge in [0.1, 0.15) is 6.04 Å².